The van der Waals surface area contributed by atoms with Gasteiger partial charge in [0.1, 0.15) is 0 Å². The first-order valence-corrected chi connectivity index (χ1v) is 17.1. The van der Waals surface area contributed by atoms with E-state index in [0.717, 1.165) is 64.0 Å². The Kier molecular flexibility index (Phi) is 11.8. The summed E-state index contributed by atoms with van der Waals surface area (Å²) in [6.07, 6.45) is 11.4. The highest BCUT2D eigenvalue weighted by Crippen LogP contribution is 2.34. The highest BCUT2D eigenvalue weighted by molar-refractivity contribution is 5.86. The maximum absolute atomic E-state index is 13.4. The number of ketones is 1. The average Bonchev–Trinajstić information content (AvgIpc) is 2.82. The van der Waals surface area contributed by atoms with Gasteiger partial charge in [-0.25, -0.2) is 0 Å². The van der Waals surface area contributed by atoms with E-state index in [-0.39, 0.29) is 11.0 Å². The van der Waals surface area contributed by atoms with Crippen molar-refractivity contribution in [1.29, 1.82) is 0 Å². The largest absolute Gasteiger partial charge is 0.375 e. The van der Waals surface area contributed by atoms with Gasteiger partial charge in [0.05, 0.1) is 31.0 Å². The number of carbonyl (C=O) groups is 1. The summed E-state index contributed by atoms with van der Waals surface area (Å²) < 4.78 is 12.8. The number of likely N-dealkylation sites (tertiary alicyclic amines) is 2. The molecule has 41 heavy (non-hydrogen) atoms. The molecule has 0 aromatic carbocycles. The van der Waals surface area contributed by atoms with E-state index in [1.165, 1.54) is 32.5 Å². The zero-order valence-corrected chi connectivity index (χ0v) is 27.8. The molecule has 0 amide bonds. The molecule has 2 aliphatic heterocycles. The lowest BCUT2D eigenvalue weighted by atomic mass is 9.75. The third-order valence-corrected chi connectivity index (χ3v) is 9.82. The third-order valence-electron chi connectivity index (χ3n) is 9.82. The van der Waals surface area contributed by atoms with E-state index in [0.29, 0.717) is 54.9 Å². The fraction of sp³-hybridized carbons (Fsp3) is 0.971. The second-order valence-corrected chi connectivity index (χ2v) is 16.1. The number of hydrogen-bond donors (Lipinski definition) is 2. The Morgan fingerprint density at radius 1 is 0.756 bits per heavy atom. The minimum absolute atomic E-state index is 0.0805. The highest BCUT2D eigenvalue weighted by atomic mass is 16.5. The number of nitrogens with zero attached hydrogens (tertiary/aromatic N) is 2. The molecular weight excluding hydrogens is 512 g/mol. The molecule has 238 valence electrons. The van der Waals surface area contributed by atoms with Gasteiger partial charge in [-0.1, -0.05) is 41.5 Å². The highest BCUT2D eigenvalue weighted by Gasteiger charge is 2.40. The summed E-state index contributed by atoms with van der Waals surface area (Å²) in [6.45, 7) is 23.9. The monoisotopic (exact) mass is 576 g/mol. The third kappa shape index (κ3) is 10.5. The van der Waals surface area contributed by atoms with Gasteiger partial charge in [0.2, 0.25) is 0 Å². The fourth-order valence-electron chi connectivity index (χ4n) is 7.80. The maximum atomic E-state index is 13.4. The number of piperidine rings is 2. The topological polar surface area (TPSA) is 66.1 Å². The summed E-state index contributed by atoms with van der Waals surface area (Å²) in [6, 6.07) is 1.67. The van der Waals surface area contributed by atoms with E-state index in [1.807, 2.05) is 0 Å². The lowest BCUT2D eigenvalue weighted by molar-refractivity contribution is -0.131. The van der Waals surface area contributed by atoms with E-state index < -0.39 is 0 Å². The molecule has 2 heterocycles. The normalized spacial score (nSPS) is 29.6. The Morgan fingerprint density at radius 3 is 1.73 bits per heavy atom. The molecule has 0 spiro atoms. The first-order chi connectivity index (χ1) is 19.3. The van der Waals surface area contributed by atoms with Crippen molar-refractivity contribution in [2.45, 2.75) is 161 Å². The van der Waals surface area contributed by atoms with Crippen molar-refractivity contribution in [3.05, 3.63) is 0 Å². The molecule has 2 saturated carbocycles. The second-order valence-electron chi connectivity index (χ2n) is 16.1. The van der Waals surface area contributed by atoms with E-state index in [1.54, 1.807) is 0 Å². The molecule has 0 bridgehead atoms. The quantitative estimate of drug-likeness (QED) is 0.284. The van der Waals surface area contributed by atoms with Crippen LogP contribution in [0.15, 0.2) is 0 Å². The molecule has 2 N–H and O–H groups in total. The van der Waals surface area contributed by atoms with Crippen LogP contribution in [0.1, 0.15) is 113 Å². The Balaban J connectivity index is 1.09. The van der Waals surface area contributed by atoms with E-state index in [2.05, 4.69) is 75.8 Å². The van der Waals surface area contributed by atoms with E-state index in [4.69, 9.17) is 9.47 Å². The smallest absolute Gasteiger partial charge is 0.152 e. The van der Waals surface area contributed by atoms with Crippen LogP contribution in [-0.2, 0) is 14.3 Å². The molecule has 0 unspecified atom stereocenters. The lowest BCUT2D eigenvalue weighted by Gasteiger charge is -2.45. The minimum Gasteiger partial charge on any atom is -0.375 e. The summed E-state index contributed by atoms with van der Waals surface area (Å²) in [5, 5.41) is 7.48. The van der Waals surface area contributed by atoms with Crippen molar-refractivity contribution >= 4 is 5.78 Å². The Labute approximate surface area is 252 Å². The SMILES string of the molecule is CC(C)CN1CCC(OC2CC(NC(C)(C)CC(C)(C)C(=O)CN3CCC(OC4CC(NC(C)C)C4)CC3)C2)CC1. The number of hydrogen-bond acceptors (Lipinski definition) is 7. The van der Waals surface area contributed by atoms with E-state index in [9.17, 15) is 4.79 Å². The Bertz CT molecular complexity index is 803. The van der Waals surface area contributed by atoms with Crippen LogP contribution in [-0.4, -0.2) is 103 Å². The molecule has 2 saturated heterocycles. The molecule has 7 heteroatoms. The zero-order valence-electron chi connectivity index (χ0n) is 27.8. The van der Waals surface area contributed by atoms with Crippen molar-refractivity contribution in [3.63, 3.8) is 0 Å². The molecule has 4 aliphatic rings. The van der Waals surface area contributed by atoms with Crippen LogP contribution < -0.4 is 10.6 Å². The standard InChI is InChI=1S/C34H64N4O3/c1-24(2)21-37-13-9-28(10-14-37)41-31-19-27(20-31)36-34(7,8)23-33(5,6)32(39)22-38-15-11-29(12-16-38)40-30-17-26(18-30)35-25(3)4/h24-31,35-36H,9-23H2,1-8H3. The summed E-state index contributed by atoms with van der Waals surface area (Å²) >= 11 is 0. The van der Waals surface area contributed by atoms with Gasteiger partial charge in [-0.15, -0.1) is 0 Å². The first kappa shape index (κ1) is 33.3. The molecule has 4 fully saturated rings. The minimum atomic E-state index is -0.349. The first-order valence-electron chi connectivity index (χ1n) is 17.1. The Hall–Kier alpha value is -0.570. The lowest BCUT2D eigenvalue weighted by Crippen LogP contribution is -2.56. The molecule has 0 radical (unpaired) electrons. The summed E-state index contributed by atoms with van der Waals surface area (Å²) in [5.41, 5.74) is -0.430. The second kappa shape index (κ2) is 14.5. The predicted octanol–water partition coefficient (Wildman–Crippen LogP) is 5.02. The van der Waals surface area contributed by atoms with Gasteiger partial charge in [0.25, 0.3) is 0 Å². The number of rotatable bonds is 15. The number of ether oxygens (including phenoxy) is 2. The van der Waals surface area contributed by atoms with Crippen molar-refractivity contribution in [1.82, 2.24) is 20.4 Å². The van der Waals surface area contributed by atoms with Crippen LogP contribution in [0, 0.1) is 11.3 Å². The van der Waals surface area contributed by atoms with Crippen LogP contribution in [0.4, 0.5) is 0 Å². The molecule has 4 rings (SSSR count). The number of Topliss-reactive ketones (excluding diaryl/α,β-unsaturated/α-hetero) is 1. The number of carbonyl (C=O) groups excluding carboxylic acids is 1. The van der Waals surface area contributed by atoms with Crippen LogP contribution >= 0.6 is 0 Å². The van der Waals surface area contributed by atoms with Gasteiger partial charge in [0.15, 0.2) is 5.78 Å². The molecule has 0 aromatic heterocycles. The molecule has 0 aromatic rings. The van der Waals surface area contributed by atoms with Gasteiger partial charge in [0, 0.05) is 61.8 Å². The van der Waals surface area contributed by atoms with Crippen molar-refractivity contribution < 1.29 is 14.3 Å². The predicted molar refractivity (Wildman–Crippen MR) is 168 cm³/mol. The maximum Gasteiger partial charge on any atom is 0.152 e. The van der Waals surface area contributed by atoms with Crippen LogP contribution in [0.25, 0.3) is 0 Å². The number of nitrogens with one attached hydrogen (secondary N) is 2. The van der Waals surface area contributed by atoms with Gasteiger partial charge in [-0.3, -0.25) is 9.69 Å². The van der Waals surface area contributed by atoms with Crippen molar-refractivity contribution in [2.24, 2.45) is 11.3 Å². The molecular formula is C34H64N4O3. The summed E-state index contributed by atoms with van der Waals surface area (Å²) in [7, 11) is 0. The fourth-order valence-corrected chi connectivity index (χ4v) is 7.80. The molecule has 2 aliphatic carbocycles. The van der Waals surface area contributed by atoms with Gasteiger partial charge >= 0.3 is 0 Å². The van der Waals surface area contributed by atoms with Crippen LogP contribution in [0.3, 0.4) is 0 Å². The van der Waals surface area contributed by atoms with E-state index >= 15 is 0 Å². The van der Waals surface area contributed by atoms with Gasteiger partial charge < -0.3 is 25.0 Å². The molecule has 7 nitrogen and oxygen atoms in total. The Morgan fingerprint density at radius 2 is 1.24 bits per heavy atom. The summed E-state index contributed by atoms with van der Waals surface area (Å²) in [5.74, 6) is 1.11. The molecule has 0 atom stereocenters. The van der Waals surface area contributed by atoms with Crippen molar-refractivity contribution in [2.75, 3.05) is 39.3 Å². The van der Waals surface area contributed by atoms with Crippen LogP contribution in [0.5, 0.6) is 0 Å². The van der Waals surface area contributed by atoms with Crippen LogP contribution in [0.2, 0.25) is 0 Å². The average molecular weight is 577 g/mol. The summed E-state index contributed by atoms with van der Waals surface area (Å²) in [4.78, 5) is 18.4. The zero-order chi connectivity index (χ0) is 29.8. The van der Waals surface area contributed by atoms with Gasteiger partial charge in [-0.2, -0.15) is 0 Å². The van der Waals surface area contributed by atoms with Gasteiger partial charge in [-0.05, 0) is 77.6 Å². The van der Waals surface area contributed by atoms with Crippen molar-refractivity contribution in [3.8, 4) is 0 Å².